The van der Waals surface area contributed by atoms with E-state index in [9.17, 15) is 0 Å². The summed E-state index contributed by atoms with van der Waals surface area (Å²) in [6.45, 7) is 6.64. The summed E-state index contributed by atoms with van der Waals surface area (Å²) in [4.78, 5) is 8.94. The molecule has 1 fully saturated rings. The maximum absolute atomic E-state index is 6.20. The first-order valence-corrected chi connectivity index (χ1v) is 8.00. The summed E-state index contributed by atoms with van der Waals surface area (Å²) in [6.07, 6.45) is 5.60. The van der Waals surface area contributed by atoms with Crippen molar-refractivity contribution in [1.29, 1.82) is 0 Å². The van der Waals surface area contributed by atoms with E-state index in [4.69, 9.17) is 23.2 Å². The van der Waals surface area contributed by atoms with E-state index in [1.165, 1.54) is 12.8 Å². The van der Waals surface area contributed by atoms with Crippen molar-refractivity contribution in [3.8, 4) is 0 Å². The van der Waals surface area contributed by atoms with Gasteiger partial charge in [0.05, 0.1) is 0 Å². The fraction of sp³-hybridized carbons (Fsp3) is 0.733. The van der Waals surface area contributed by atoms with Crippen molar-refractivity contribution >= 4 is 23.2 Å². The maximum atomic E-state index is 6.20. The lowest BCUT2D eigenvalue weighted by Gasteiger charge is -2.30. The summed E-state index contributed by atoms with van der Waals surface area (Å²) in [5, 5.41) is 1.06. The van der Waals surface area contributed by atoms with Crippen LogP contribution < -0.4 is 0 Å². The predicted octanol–water partition coefficient (Wildman–Crippen LogP) is 5.28. The number of rotatable bonds is 3. The first kappa shape index (κ1) is 15.1. The zero-order valence-corrected chi connectivity index (χ0v) is 13.4. The van der Waals surface area contributed by atoms with Gasteiger partial charge in [0.15, 0.2) is 0 Å². The highest BCUT2D eigenvalue weighted by molar-refractivity contribution is 6.34. The summed E-state index contributed by atoms with van der Waals surface area (Å²) in [5.74, 6) is 2.89. The van der Waals surface area contributed by atoms with Crippen molar-refractivity contribution < 1.29 is 0 Å². The largest absolute Gasteiger partial charge is 0.221 e. The molecule has 2 nitrogen and oxygen atoms in total. The molecule has 4 heteroatoms. The summed E-state index contributed by atoms with van der Waals surface area (Å²) in [7, 11) is 0. The second kappa shape index (κ2) is 6.41. The second-order valence-corrected chi connectivity index (χ2v) is 6.57. The monoisotopic (exact) mass is 300 g/mol. The van der Waals surface area contributed by atoms with Crippen LogP contribution in [0.2, 0.25) is 10.3 Å². The molecular weight excluding hydrogens is 279 g/mol. The van der Waals surface area contributed by atoms with Gasteiger partial charge in [-0.05, 0) is 43.9 Å². The Bertz CT molecular complexity index is 415. The summed E-state index contributed by atoms with van der Waals surface area (Å²) in [6, 6.07) is 0. The second-order valence-electron chi connectivity index (χ2n) is 5.85. The lowest BCUT2D eigenvalue weighted by Crippen LogP contribution is -2.19. The molecule has 2 rings (SSSR count). The van der Waals surface area contributed by atoms with Crippen LogP contribution in [0.5, 0.6) is 0 Å². The molecule has 0 bridgehead atoms. The van der Waals surface area contributed by atoms with Crippen molar-refractivity contribution in [3.63, 3.8) is 0 Å². The van der Waals surface area contributed by atoms with E-state index in [1.54, 1.807) is 0 Å². The minimum Gasteiger partial charge on any atom is -0.221 e. The Morgan fingerprint density at radius 3 is 2.00 bits per heavy atom. The normalized spacial score (nSPS) is 23.9. The first-order chi connectivity index (χ1) is 9.02. The van der Waals surface area contributed by atoms with Gasteiger partial charge in [0, 0.05) is 11.5 Å². The van der Waals surface area contributed by atoms with Crippen LogP contribution in [-0.2, 0) is 6.42 Å². The third-order valence-electron chi connectivity index (χ3n) is 4.36. The van der Waals surface area contributed by atoms with E-state index in [0.717, 1.165) is 42.5 Å². The fourth-order valence-electron chi connectivity index (χ4n) is 2.96. The fourth-order valence-corrected chi connectivity index (χ4v) is 3.63. The minimum absolute atomic E-state index is 0.427. The molecule has 0 N–H and O–H groups in total. The molecule has 1 saturated carbocycles. The summed E-state index contributed by atoms with van der Waals surface area (Å²) < 4.78 is 0. The van der Waals surface area contributed by atoms with E-state index < -0.39 is 0 Å². The Balaban J connectivity index is 2.12. The third kappa shape index (κ3) is 3.41. The summed E-state index contributed by atoms with van der Waals surface area (Å²) in [5.41, 5.74) is 0.864. The van der Waals surface area contributed by atoms with Crippen molar-refractivity contribution in [1.82, 2.24) is 9.97 Å². The molecule has 0 aromatic carbocycles. The van der Waals surface area contributed by atoms with Crippen molar-refractivity contribution in [3.05, 3.63) is 21.7 Å². The number of nitrogens with zero attached hydrogens (tertiary/aromatic N) is 2. The molecule has 1 aliphatic carbocycles. The van der Waals surface area contributed by atoms with Gasteiger partial charge in [0.1, 0.15) is 16.1 Å². The highest BCUT2D eigenvalue weighted by Crippen LogP contribution is 2.38. The quantitative estimate of drug-likeness (QED) is 0.710. The number of halogens is 2. The van der Waals surface area contributed by atoms with Crippen LogP contribution in [-0.4, -0.2) is 9.97 Å². The van der Waals surface area contributed by atoms with Gasteiger partial charge >= 0.3 is 0 Å². The molecule has 0 atom stereocenters. The first-order valence-electron chi connectivity index (χ1n) is 7.24. The van der Waals surface area contributed by atoms with Crippen molar-refractivity contribution in [2.45, 2.75) is 58.8 Å². The third-order valence-corrected chi connectivity index (χ3v) is 4.98. The molecule has 0 spiro atoms. The van der Waals surface area contributed by atoms with Crippen molar-refractivity contribution in [2.75, 3.05) is 0 Å². The van der Waals surface area contributed by atoms with E-state index in [0.29, 0.717) is 16.2 Å². The smallest absolute Gasteiger partial charge is 0.137 e. The molecule has 0 radical (unpaired) electrons. The van der Waals surface area contributed by atoms with Crippen LogP contribution in [0.15, 0.2) is 0 Å². The molecule has 1 aromatic heterocycles. The highest BCUT2D eigenvalue weighted by Gasteiger charge is 2.26. The van der Waals surface area contributed by atoms with Gasteiger partial charge in [-0.15, -0.1) is 0 Å². The summed E-state index contributed by atoms with van der Waals surface area (Å²) >= 11 is 12.4. The van der Waals surface area contributed by atoms with Gasteiger partial charge in [0.25, 0.3) is 0 Å². The van der Waals surface area contributed by atoms with Crippen LogP contribution in [0.4, 0.5) is 0 Å². The molecule has 0 saturated heterocycles. The van der Waals surface area contributed by atoms with Gasteiger partial charge in [0.2, 0.25) is 0 Å². The van der Waals surface area contributed by atoms with E-state index in [2.05, 4.69) is 23.8 Å². The van der Waals surface area contributed by atoms with E-state index in [1.807, 2.05) is 6.92 Å². The van der Waals surface area contributed by atoms with Gasteiger partial charge in [-0.3, -0.25) is 0 Å². The molecule has 0 amide bonds. The van der Waals surface area contributed by atoms with E-state index >= 15 is 0 Å². The number of hydrogen-bond donors (Lipinski definition) is 0. The lowest BCUT2D eigenvalue weighted by atomic mass is 9.77. The average molecular weight is 301 g/mol. The number of aromatic nitrogens is 2. The molecule has 19 heavy (non-hydrogen) atoms. The van der Waals surface area contributed by atoms with Crippen molar-refractivity contribution in [2.24, 2.45) is 11.8 Å². The Morgan fingerprint density at radius 2 is 1.58 bits per heavy atom. The zero-order chi connectivity index (χ0) is 14.0. The molecule has 1 aliphatic rings. The average Bonchev–Trinajstić information content (AvgIpc) is 2.38. The lowest BCUT2D eigenvalue weighted by molar-refractivity contribution is 0.254. The topological polar surface area (TPSA) is 25.8 Å². The van der Waals surface area contributed by atoms with Gasteiger partial charge < -0.3 is 0 Å². The van der Waals surface area contributed by atoms with Crippen LogP contribution in [0.3, 0.4) is 0 Å². The predicted molar refractivity (Wildman–Crippen MR) is 81.0 cm³/mol. The Kier molecular flexibility index (Phi) is 5.08. The van der Waals surface area contributed by atoms with Gasteiger partial charge in [-0.1, -0.05) is 44.0 Å². The van der Waals surface area contributed by atoms with Gasteiger partial charge in [-0.2, -0.15) is 0 Å². The van der Waals surface area contributed by atoms with Gasteiger partial charge in [-0.25, -0.2) is 9.97 Å². The molecule has 0 aliphatic heterocycles. The highest BCUT2D eigenvalue weighted by atomic mass is 35.5. The van der Waals surface area contributed by atoms with Crippen LogP contribution >= 0.6 is 23.2 Å². The standard InChI is InChI=1S/C15H22Cl2N2/c1-4-12-13(16)18-15(19-14(12)17)11-7-5-10(6-8-11)9(2)3/h9-11H,4-8H2,1-3H3. The SMILES string of the molecule is CCc1c(Cl)nc(C2CCC(C(C)C)CC2)nc1Cl. The zero-order valence-electron chi connectivity index (χ0n) is 11.9. The molecule has 1 aromatic rings. The van der Waals surface area contributed by atoms with Crippen LogP contribution in [0.1, 0.15) is 63.8 Å². The maximum Gasteiger partial charge on any atom is 0.137 e. The molecule has 106 valence electrons. The molecular formula is C15H22Cl2N2. The van der Waals surface area contributed by atoms with Crippen LogP contribution in [0, 0.1) is 11.8 Å². The molecule has 0 unspecified atom stereocenters. The number of hydrogen-bond acceptors (Lipinski definition) is 2. The van der Waals surface area contributed by atoms with E-state index in [-0.39, 0.29) is 0 Å². The Morgan fingerprint density at radius 1 is 1.05 bits per heavy atom. The Hall–Kier alpha value is -0.340. The Labute approximate surface area is 125 Å². The minimum atomic E-state index is 0.427. The van der Waals surface area contributed by atoms with Crippen LogP contribution in [0.25, 0.3) is 0 Å². The molecule has 1 heterocycles.